The van der Waals surface area contributed by atoms with E-state index in [2.05, 4.69) is 6.07 Å². The summed E-state index contributed by atoms with van der Waals surface area (Å²) in [4.78, 5) is 0. The number of hydrogen-bond donors (Lipinski definition) is 0. The van der Waals surface area contributed by atoms with Gasteiger partial charge < -0.3 is 4.74 Å². The van der Waals surface area contributed by atoms with E-state index in [-0.39, 0.29) is 0 Å². The van der Waals surface area contributed by atoms with Gasteiger partial charge in [-0.2, -0.15) is 5.26 Å². The zero-order chi connectivity index (χ0) is 11.4. The number of ether oxygens (including phenoxy) is 1. The van der Waals surface area contributed by atoms with Gasteiger partial charge in [0.05, 0.1) is 18.7 Å². The maximum atomic E-state index is 8.73. The van der Waals surface area contributed by atoms with Crippen molar-refractivity contribution in [2.75, 3.05) is 7.11 Å². The predicted molar refractivity (Wildman–Crippen MR) is 63.1 cm³/mol. The molecular formula is C14H11NO. The molecule has 0 aromatic heterocycles. The molecule has 0 unspecified atom stereocenters. The van der Waals surface area contributed by atoms with Gasteiger partial charge in [0.25, 0.3) is 0 Å². The standard InChI is InChI=1S/C14H11NO/c1-16-14-5-3-2-4-13(14)12-8-6-11(10-15)7-9-12/h2-9H,1H3. The number of methoxy groups -OCH3 is 1. The van der Waals surface area contributed by atoms with Crippen LogP contribution in [0.2, 0.25) is 0 Å². The molecule has 0 radical (unpaired) electrons. The largest absolute Gasteiger partial charge is 0.496 e. The minimum absolute atomic E-state index is 0.665. The normalized spacial score (nSPS) is 9.50. The van der Waals surface area contributed by atoms with E-state index in [0.29, 0.717) is 5.56 Å². The molecule has 78 valence electrons. The van der Waals surface area contributed by atoms with Crippen molar-refractivity contribution in [3.63, 3.8) is 0 Å². The molecule has 0 saturated carbocycles. The lowest BCUT2D eigenvalue weighted by Gasteiger charge is -2.07. The summed E-state index contributed by atoms with van der Waals surface area (Å²) in [5, 5.41) is 8.73. The van der Waals surface area contributed by atoms with E-state index < -0.39 is 0 Å². The van der Waals surface area contributed by atoms with Crippen molar-refractivity contribution in [2.24, 2.45) is 0 Å². The summed E-state index contributed by atoms with van der Waals surface area (Å²) in [6.45, 7) is 0. The van der Waals surface area contributed by atoms with Crippen molar-refractivity contribution in [1.29, 1.82) is 5.26 Å². The molecule has 0 aliphatic rings. The maximum Gasteiger partial charge on any atom is 0.126 e. The number of rotatable bonds is 2. The van der Waals surface area contributed by atoms with Crippen LogP contribution >= 0.6 is 0 Å². The fraction of sp³-hybridized carbons (Fsp3) is 0.0714. The third-order valence-corrected chi connectivity index (χ3v) is 2.43. The Labute approximate surface area is 94.7 Å². The van der Waals surface area contributed by atoms with Crippen molar-refractivity contribution in [3.8, 4) is 22.9 Å². The molecule has 0 aliphatic carbocycles. The van der Waals surface area contributed by atoms with Gasteiger partial charge in [0, 0.05) is 5.56 Å². The van der Waals surface area contributed by atoms with Crippen LogP contribution in [0.4, 0.5) is 0 Å². The number of para-hydroxylation sites is 1. The quantitative estimate of drug-likeness (QED) is 0.760. The highest BCUT2D eigenvalue weighted by Crippen LogP contribution is 2.29. The van der Waals surface area contributed by atoms with Crippen LogP contribution in [-0.2, 0) is 0 Å². The Morgan fingerprint density at radius 1 is 1.00 bits per heavy atom. The molecule has 2 rings (SSSR count). The molecule has 0 heterocycles. The zero-order valence-electron chi connectivity index (χ0n) is 8.97. The number of nitriles is 1. The fourth-order valence-corrected chi connectivity index (χ4v) is 1.61. The van der Waals surface area contributed by atoms with E-state index in [4.69, 9.17) is 10.00 Å². The summed E-state index contributed by atoms with van der Waals surface area (Å²) in [6.07, 6.45) is 0. The Balaban J connectivity index is 2.47. The third-order valence-electron chi connectivity index (χ3n) is 2.43. The van der Waals surface area contributed by atoms with Gasteiger partial charge in [-0.25, -0.2) is 0 Å². The van der Waals surface area contributed by atoms with Crippen LogP contribution in [0.25, 0.3) is 11.1 Å². The second-order valence-corrected chi connectivity index (χ2v) is 3.39. The molecule has 2 heteroatoms. The molecule has 0 spiro atoms. The van der Waals surface area contributed by atoms with Crippen LogP contribution in [0.5, 0.6) is 5.75 Å². The number of benzene rings is 2. The van der Waals surface area contributed by atoms with E-state index in [1.165, 1.54) is 0 Å². The van der Waals surface area contributed by atoms with E-state index >= 15 is 0 Å². The van der Waals surface area contributed by atoms with Gasteiger partial charge in [0.15, 0.2) is 0 Å². The third kappa shape index (κ3) is 1.89. The van der Waals surface area contributed by atoms with Gasteiger partial charge in [-0.1, -0.05) is 30.3 Å². The molecular weight excluding hydrogens is 198 g/mol. The van der Waals surface area contributed by atoms with Crippen LogP contribution < -0.4 is 4.74 Å². The lowest BCUT2D eigenvalue weighted by molar-refractivity contribution is 0.416. The molecule has 2 aromatic carbocycles. The number of hydrogen-bond acceptors (Lipinski definition) is 2. The minimum Gasteiger partial charge on any atom is -0.496 e. The molecule has 0 aliphatic heterocycles. The van der Waals surface area contributed by atoms with Gasteiger partial charge >= 0.3 is 0 Å². The van der Waals surface area contributed by atoms with Gasteiger partial charge in [-0.3, -0.25) is 0 Å². The molecule has 0 saturated heterocycles. The predicted octanol–water partition coefficient (Wildman–Crippen LogP) is 3.23. The Morgan fingerprint density at radius 3 is 2.31 bits per heavy atom. The molecule has 2 nitrogen and oxygen atoms in total. The zero-order valence-corrected chi connectivity index (χ0v) is 8.97. The minimum atomic E-state index is 0.665. The van der Waals surface area contributed by atoms with Crippen molar-refractivity contribution < 1.29 is 4.74 Å². The summed E-state index contributed by atoms with van der Waals surface area (Å²) in [7, 11) is 1.66. The van der Waals surface area contributed by atoms with Gasteiger partial charge in [-0.05, 0) is 23.8 Å². The van der Waals surface area contributed by atoms with E-state index in [9.17, 15) is 0 Å². The Morgan fingerprint density at radius 2 is 1.69 bits per heavy atom. The lowest BCUT2D eigenvalue weighted by atomic mass is 10.0. The molecule has 0 atom stereocenters. The summed E-state index contributed by atoms with van der Waals surface area (Å²) in [5.74, 6) is 0.840. The van der Waals surface area contributed by atoms with Gasteiger partial charge in [0.1, 0.15) is 5.75 Å². The van der Waals surface area contributed by atoms with Crippen LogP contribution in [0.1, 0.15) is 5.56 Å². The lowest BCUT2D eigenvalue weighted by Crippen LogP contribution is -1.87. The van der Waals surface area contributed by atoms with Crippen molar-refractivity contribution >= 4 is 0 Å². The second kappa shape index (κ2) is 4.50. The highest BCUT2D eigenvalue weighted by atomic mass is 16.5. The van der Waals surface area contributed by atoms with Gasteiger partial charge in [-0.15, -0.1) is 0 Å². The molecule has 16 heavy (non-hydrogen) atoms. The fourth-order valence-electron chi connectivity index (χ4n) is 1.61. The summed E-state index contributed by atoms with van der Waals surface area (Å²) >= 11 is 0. The molecule has 2 aromatic rings. The van der Waals surface area contributed by atoms with Crippen molar-refractivity contribution in [2.45, 2.75) is 0 Å². The first-order chi connectivity index (χ1) is 7.85. The highest BCUT2D eigenvalue weighted by molar-refractivity contribution is 5.70. The molecule has 0 N–H and O–H groups in total. The Hall–Kier alpha value is -2.27. The van der Waals surface area contributed by atoms with Crippen LogP contribution in [0.3, 0.4) is 0 Å². The van der Waals surface area contributed by atoms with Crippen molar-refractivity contribution in [3.05, 3.63) is 54.1 Å². The van der Waals surface area contributed by atoms with Crippen LogP contribution in [-0.4, -0.2) is 7.11 Å². The smallest absolute Gasteiger partial charge is 0.126 e. The Bertz CT molecular complexity index is 523. The van der Waals surface area contributed by atoms with Gasteiger partial charge in [0.2, 0.25) is 0 Å². The SMILES string of the molecule is COc1ccccc1-c1ccc(C#N)cc1. The van der Waals surface area contributed by atoms with E-state index in [1.807, 2.05) is 48.5 Å². The molecule has 0 fully saturated rings. The monoisotopic (exact) mass is 209 g/mol. The summed E-state index contributed by atoms with van der Waals surface area (Å²) in [5.41, 5.74) is 2.75. The highest BCUT2D eigenvalue weighted by Gasteiger charge is 2.03. The summed E-state index contributed by atoms with van der Waals surface area (Å²) < 4.78 is 5.29. The molecule has 0 amide bonds. The average molecular weight is 209 g/mol. The molecule has 0 bridgehead atoms. The van der Waals surface area contributed by atoms with Crippen LogP contribution in [0, 0.1) is 11.3 Å². The Kier molecular flexibility index (Phi) is 2.88. The van der Waals surface area contributed by atoms with Crippen LogP contribution in [0.15, 0.2) is 48.5 Å². The first kappa shape index (κ1) is 10.3. The van der Waals surface area contributed by atoms with E-state index in [0.717, 1.165) is 16.9 Å². The average Bonchev–Trinajstić information content (AvgIpc) is 2.39. The topological polar surface area (TPSA) is 33.0 Å². The van der Waals surface area contributed by atoms with E-state index in [1.54, 1.807) is 7.11 Å². The second-order valence-electron chi connectivity index (χ2n) is 3.39. The maximum absolute atomic E-state index is 8.73. The summed E-state index contributed by atoms with van der Waals surface area (Å²) in [6, 6.07) is 17.4. The number of nitrogens with zero attached hydrogens (tertiary/aromatic N) is 1. The first-order valence-electron chi connectivity index (χ1n) is 4.98. The van der Waals surface area contributed by atoms with Crippen molar-refractivity contribution in [1.82, 2.24) is 0 Å². The first-order valence-corrected chi connectivity index (χ1v) is 4.98.